The molecule has 0 aliphatic carbocycles. The van der Waals surface area contributed by atoms with Gasteiger partial charge in [-0.15, -0.1) is 0 Å². The summed E-state index contributed by atoms with van der Waals surface area (Å²) < 4.78 is 0. The Hall–Kier alpha value is -0.590. The molecule has 0 saturated heterocycles. The second-order valence-corrected chi connectivity index (χ2v) is 0.540. The molecule has 3 heteroatoms. The average molecular weight is 118 g/mol. The molecule has 8 heavy (non-hydrogen) atoms. The first-order valence-electron chi connectivity index (χ1n) is 2.32. The van der Waals surface area contributed by atoms with Crippen LogP contribution in [0, 0.1) is 11.3 Å². The number of nitrogens with zero attached hydrogens (tertiary/aromatic N) is 1. The summed E-state index contributed by atoms with van der Waals surface area (Å²) >= 11 is 0. The van der Waals surface area contributed by atoms with Crippen molar-refractivity contribution >= 4 is 0 Å². The molecule has 0 bridgehead atoms. The van der Waals surface area contributed by atoms with E-state index < -0.39 is 0 Å². The number of nitrogens with two attached hydrogens (primary N) is 1. The predicted octanol–water partition coefficient (Wildman–Crippen LogP) is 0.103. The van der Waals surface area contributed by atoms with Gasteiger partial charge in [-0.1, -0.05) is 0 Å². The van der Waals surface area contributed by atoms with Crippen LogP contribution in [0.15, 0.2) is 0 Å². The second kappa shape index (κ2) is 94.4. The Labute approximate surface area is 50.7 Å². The highest BCUT2D eigenvalue weighted by molar-refractivity contribution is 4.51. The maximum Gasteiger partial charge on any atom is 0.0587 e. The molecule has 0 saturated carbocycles. The number of rotatable bonds is 0. The first-order chi connectivity index (χ1) is 3.83. The molecular weight excluding hydrogens is 104 g/mol. The van der Waals surface area contributed by atoms with Crippen LogP contribution in [-0.4, -0.2) is 18.8 Å². The van der Waals surface area contributed by atoms with Gasteiger partial charge in [0, 0.05) is 13.5 Å². The summed E-state index contributed by atoms with van der Waals surface area (Å²) in [6.07, 6.45) is 0. The van der Waals surface area contributed by atoms with Gasteiger partial charge in [0.1, 0.15) is 0 Å². The molecule has 0 radical (unpaired) electrons. The molecule has 0 fully saturated rings. The van der Waals surface area contributed by atoms with Crippen molar-refractivity contribution in [2.24, 2.45) is 5.73 Å². The highest BCUT2D eigenvalue weighted by Crippen LogP contribution is 1.30. The van der Waals surface area contributed by atoms with Crippen LogP contribution < -0.4 is 5.73 Å². The number of nitriles is 1. The first-order valence-corrected chi connectivity index (χ1v) is 2.32. The number of hydrogen-bond donors (Lipinski definition) is 2. The molecular formula is C5H14N2O. The molecule has 0 unspecified atom stereocenters. The Kier molecular flexibility index (Phi) is 185. The Morgan fingerprint density at radius 3 is 1.62 bits per heavy atom. The normalized spacial score (nSPS) is 4.00. The third-order valence-electron chi connectivity index (χ3n) is 0. The van der Waals surface area contributed by atoms with Gasteiger partial charge in [-0.05, 0) is 14.0 Å². The number of hydrogen-bond acceptors (Lipinski definition) is 3. The van der Waals surface area contributed by atoms with E-state index in [1.807, 2.05) is 0 Å². The van der Waals surface area contributed by atoms with Crippen molar-refractivity contribution in [1.82, 2.24) is 0 Å². The van der Waals surface area contributed by atoms with Crippen LogP contribution in [0.4, 0.5) is 0 Å². The largest absolute Gasteiger partial charge is 0.397 e. The van der Waals surface area contributed by atoms with Gasteiger partial charge in [0.2, 0.25) is 0 Å². The molecule has 0 rings (SSSR count). The van der Waals surface area contributed by atoms with Crippen molar-refractivity contribution < 1.29 is 5.11 Å². The topological polar surface area (TPSA) is 70.0 Å². The SMILES string of the molecule is CC#N.CCO.CN. The van der Waals surface area contributed by atoms with Crippen LogP contribution in [0.5, 0.6) is 0 Å². The molecule has 50 valence electrons. The quantitative estimate of drug-likeness (QED) is 0.474. The van der Waals surface area contributed by atoms with Gasteiger partial charge in [0.05, 0.1) is 6.07 Å². The van der Waals surface area contributed by atoms with E-state index in [1.54, 1.807) is 13.0 Å². The fourth-order valence-electron chi connectivity index (χ4n) is 0. The Balaban J connectivity index is -0.0000000483. The summed E-state index contributed by atoms with van der Waals surface area (Å²) in [6.45, 7) is 3.36. The molecule has 0 spiro atoms. The molecule has 3 N–H and O–H groups in total. The maximum atomic E-state index is 7.57. The van der Waals surface area contributed by atoms with Crippen molar-refractivity contribution in [3.63, 3.8) is 0 Å². The lowest BCUT2D eigenvalue weighted by Gasteiger charge is -1.52. The lowest BCUT2D eigenvalue weighted by atomic mass is 10.9. The van der Waals surface area contributed by atoms with Crippen LogP contribution >= 0.6 is 0 Å². The minimum Gasteiger partial charge on any atom is -0.397 e. The lowest BCUT2D eigenvalue weighted by molar-refractivity contribution is 0.318. The smallest absolute Gasteiger partial charge is 0.0587 e. The molecule has 3 nitrogen and oxygen atoms in total. The van der Waals surface area contributed by atoms with E-state index in [0.29, 0.717) is 0 Å². The summed E-state index contributed by atoms with van der Waals surface area (Å²) in [5.41, 5.74) is 4.50. The number of aliphatic hydroxyl groups excluding tert-OH is 1. The molecule has 0 aromatic rings. The van der Waals surface area contributed by atoms with Gasteiger partial charge in [-0.25, -0.2) is 0 Å². The zero-order chi connectivity index (χ0) is 7.41. The summed E-state index contributed by atoms with van der Waals surface area (Å²) in [5.74, 6) is 0. The highest BCUT2D eigenvalue weighted by Gasteiger charge is 1.34. The van der Waals surface area contributed by atoms with E-state index >= 15 is 0 Å². The van der Waals surface area contributed by atoms with Crippen LogP contribution in [0.1, 0.15) is 13.8 Å². The van der Waals surface area contributed by atoms with Crippen molar-refractivity contribution in [1.29, 1.82) is 5.26 Å². The van der Waals surface area contributed by atoms with E-state index in [1.165, 1.54) is 14.0 Å². The number of aliphatic hydroxyl groups is 1. The van der Waals surface area contributed by atoms with E-state index in [4.69, 9.17) is 10.4 Å². The maximum absolute atomic E-state index is 7.57. The molecule has 0 aliphatic rings. The third kappa shape index (κ3) is 302. The summed E-state index contributed by atoms with van der Waals surface area (Å²) in [7, 11) is 1.50. The lowest BCUT2D eigenvalue weighted by Crippen LogP contribution is -1.69. The summed E-state index contributed by atoms with van der Waals surface area (Å²) in [5, 5.41) is 14.9. The van der Waals surface area contributed by atoms with E-state index in [0.717, 1.165) is 0 Å². The minimum atomic E-state index is 0.250. The van der Waals surface area contributed by atoms with Crippen molar-refractivity contribution in [2.75, 3.05) is 13.7 Å². The molecule has 0 heterocycles. The van der Waals surface area contributed by atoms with Crippen LogP contribution in [0.25, 0.3) is 0 Å². The second-order valence-electron chi connectivity index (χ2n) is 0.540. The highest BCUT2D eigenvalue weighted by atomic mass is 16.2. The standard InChI is InChI=1S/C2H3N.C2H6O.CH5N/c2*1-2-3;1-2/h1H3;3H,2H2,1H3;2H2,1H3. The zero-order valence-corrected chi connectivity index (χ0v) is 5.68. The third-order valence-corrected chi connectivity index (χ3v) is 0. The van der Waals surface area contributed by atoms with E-state index in [-0.39, 0.29) is 6.61 Å². The molecule has 0 aromatic heterocycles. The van der Waals surface area contributed by atoms with Gasteiger partial charge in [0.25, 0.3) is 0 Å². The van der Waals surface area contributed by atoms with Crippen LogP contribution in [0.2, 0.25) is 0 Å². The van der Waals surface area contributed by atoms with Gasteiger partial charge in [-0.3, -0.25) is 0 Å². The Morgan fingerprint density at radius 1 is 1.62 bits per heavy atom. The fourth-order valence-corrected chi connectivity index (χ4v) is 0. The van der Waals surface area contributed by atoms with Gasteiger partial charge in [0.15, 0.2) is 0 Å². The van der Waals surface area contributed by atoms with Gasteiger partial charge < -0.3 is 10.8 Å². The fraction of sp³-hybridized carbons (Fsp3) is 0.800. The monoisotopic (exact) mass is 118 g/mol. The van der Waals surface area contributed by atoms with Gasteiger partial charge in [-0.2, -0.15) is 5.26 Å². The van der Waals surface area contributed by atoms with Crippen LogP contribution in [-0.2, 0) is 0 Å². The van der Waals surface area contributed by atoms with Crippen molar-refractivity contribution in [3.8, 4) is 6.07 Å². The van der Waals surface area contributed by atoms with Crippen molar-refractivity contribution in [3.05, 3.63) is 0 Å². The molecule has 0 aliphatic heterocycles. The van der Waals surface area contributed by atoms with E-state index in [2.05, 4.69) is 5.73 Å². The van der Waals surface area contributed by atoms with Crippen LogP contribution in [0.3, 0.4) is 0 Å². The summed E-state index contributed by atoms with van der Waals surface area (Å²) in [4.78, 5) is 0. The Morgan fingerprint density at radius 2 is 1.62 bits per heavy atom. The zero-order valence-electron chi connectivity index (χ0n) is 5.68. The molecule has 0 amide bonds. The van der Waals surface area contributed by atoms with E-state index in [9.17, 15) is 0 Å². The predicted molar refractivity (Wildman–Crippen MR) is 34.2 cm³/mol. The average Bonchev–Trinajstić information content (AvgIpc) is 1.75. The molecule has 0 aromatic carbocycles. The first kappa shape index (κ1) is 15.7. The summed E-state index contributed by atoms with van der Waals surface area (Å²) in [6, 6.07) is 1.75. The van der Waals surface area contributed by atoms with Crippen molar-refractivity contribution in [2.45, 2.75) is 13.8 Å². The van der Waals surface area contributed by atoms with Gasteiger partial charge >= 0.3 is 0 Å². The minimum absolute atomic E-state index is 0.250. The Bertz CT molecular complexity index is 40.2. The molecule has 0 atom stereocenters.